The van der Waals surface area contributed by atoms with Gasteiger partial charge in [0.1, 0.15) is 0 Å². The van der Waals surface area contributed by atoms with E-state index in [4.69, 9.17) is 10.5 Å². The third kappa shape index (κ3) is 4.66. The third-order valence-corrected chi connectivity index (χ3v) is 3.86. The van der Waals surface area contributed by atoms with Crippen LogP contribution in [-0.2, 0) is 4.74 Å². The van der Waals surface area contributed by atoms with Crippen LogP contribution in [0.5, 0.6) is 0 Å². The van der Waals surface area contributed by atoms with E-state index in [9.17, 15) is 0 Å². The second-order valence-corrected chi connectivity index (χ2v) is 5.95. The minimum Gasteiger partial charge on any atom is -0.373 e. The maximum absolute atomic E-state index is 5.96. The second kappa shape index (κ2) is 6.57. The first-order valence-electron chi connectivity index (χ1n) is 7.47. The number of rotatable bonds is 5. The fraction of sp³-hybridized carbons (Fsp3) is 0.929. The summed E-state index contributed by atoms with van der Waals surface area (Å²) in [7, 11) is 2.04. The highest BCUT2D eigenvalue weighted by Gasteiger charge is 2.27. The van der Waals surface area contributed by atoms with Crippen LogP contribution in [0, 0.1) is 0 Å². The molecule has 0 aromatic rings. The van der Waals surface area contributed by atoms with Gasteiger partial charge >= 0.3 is 0 Å². The Kier molecular flexibility index (Phi) is 5.05. The molecule has 2 fully saturated rings. The van der Waals surface area contributed by atoms with Crippen LogP contribution in [0.4, 0.5) is 0 Å². The van der Waals surface area contributed by atoms with Crippen molar-refractivity contribution in [2.75, 3.05) is 33.2 Å². The molecule has 0 bridgehead atoms. The summed E-state index contributed by atoms with van der Waals surface area (Å²) in [6, 6.07) is 0.643. The van der Waals surface area contributed by atoms with Gasteiger partial charge in [-0.25, -0.2) is 0 Å². The van der Waals surface area contributed by atoms with Crippen LogP contribution in [0.3, 0.4) is 0 Å². The summed E-state index contributed by atoms with van der Waals surface area (Å²) < 4.78 is 5.73. The number of nitrogens with zero attached hydrogens (tertiary/aromatic N) is 3. The normalized spacial score (nSPS) is 29.5. The van der Waals surface area contributed by atoms with Crippen LogP contribution in [0.2, 0.25) is 0 Å². The monoisotopic (exact) mass is 268 g/mol. The van der Waals surface area contributed by atoms with Crippen molar-refractivity contribution in [1.82, 2.24) is 9.80 Å². The predicted octanol–water partition coefficient (Wildman–Crippen LogP) is 0.895. The molecule has 1 aliphatic heterocycles. The maximum atomic E-state index is 5.96. The summed E-state index contributed by atoms with van der Waals surface area (Å²) >= 11 is 0. The molecule has 0 spiro atoms. The lowest BCUT2D eigenvalue weighted by molar-refractivity contribution is -0.0679. The van der Waals surface area contributed by atoms with Crippen molar-refractivity contribution in [2.45, 2.75) is 51.4 Å². The summed E-state index contributed by atoms with van der Waals surface area (Å²) in [6.07, 6.45) is 4.28. The molecule has 2 rings (SSSR count). The van der Waals surface area contributed by atoms with Crippen molar-refractivity contribution in [3.05, 3.63) is 0 Å². The Hall–Kier alpha value is -0.810. The molecule has 0 aromatic carbocycles. The van der Waals surface area contributed by atoms with E-state index in [0.29, 0.717) is 24.2 Å². The largest absolute Gasteiger partial charge is 0.373 e. The van der Waals surface area contributed by atoms with Crippen molar-refractivity contribution < 1.29 is 4.74 Å². The van der Waals surface area contributed by atoms with Gasteiger partial charge in [-0.05, 0) is 33.1 Å². The Bertz CT molecular complexity index is 307. The number of guanidine groups is 1. The summed E-state index contributed by atoms with van der Waals surface area (Å²) in [6.45, 7) is 8.26. The quantitative estimate of drug-likeness (QED) is 0.457. The van der Waals surface area contributed by atoms with E-state index >= 15 is 0 Å². The molecular formula is C14H28N4O. The molecule has 1 heterocycles. The summed E-state index contributed by atoms with van der Waals surface area (Å²) in [5.41, 5.74) is 5.96. The average molecular weight is 268 g/mol. The van der Waals surface area contributed by atoms with E-state index in [1.807, 2.05) is 7.05 Å². The van der Waals surface area contributed by atoms with Crippen molar-refractivity contribution in [3.63, 3.8) is 0 Å². The number of nitrogens with two attached hydrogens (primary N) is 1. The van der Waals surface area contributed by atoms with Gasteiger partial charge in [0.25, 0.3) is 0 Å². The first-order valence-corrected chi connectivity index (χ1v) is 7.47. The molecule has 5 nitrogen and oxygen atoms in total. The molecule has 1 saturated carbocycles. The zero-order valence-electron chi connectivity index (χ0n) is 12.5. The molecule has 2 N–H and O–H groups in total. The minimum atomic E-state index is 0.346. The van der Waals surface area contributed by atoms with Crippen molar-refractivity contribution in [1.29, 1.82) is 0 Å². The van der Waals surface area contributed by atoms with Crippen LogP contribution in [0.1, 0.15) is 33.1 Å². The molecule has 19 heavy (non-hydrogen) atoms. The summed E-state index contributed by atoms with van der Waals surface area (Å²) in [5.74, 6) is 0.700. The number of morpholine rings is 1. The lowest BCUT2D eigenvalue weighted by atomic mass is 10.2. The van der Waals surface area contributed by atoms with Gasteiger partial charge in [0.05, 0.1) is 12.2 Å². The van der Waals surface area contributed by atoms with E-state index in [2.05, 4.69) is 28.6 Å². The molecule has 5 heteroatoms. The topological polar surface area (TPSA) is 54.1 Å². The fourth-order valence-corrected chi connectivity index (χ4v) is 2.72. The van der Waals surface area contributed by atoms with Crippen molar-refractivity contribution >= 4 is 5.96 Å². The van der Waals surface area contributed by atoms with Gasteiger partial charge in [-0.15, -0.1) is 0 Å². The molecule has 0 amide bonds. The van der Waals surface area contributed by atoms with Crippen LogP contribution >= 0.6 is 0 Å². The molecule has 2 aliphatic rings. The van der Waals surface area contributed by atoms with Gasteiger partial charge in [-0.3, -0.25) is 9.89 Å². The molecule has 1 saturated heterocycles. The molecule has 2 unspecified atom stereocenters. The smallest absolute Gasteiger partial charge is 0.191 e. The number of hydrogen-bond acceptors (Lipinski definition) is 3. The van der Waals surface area contributed by atoms with Crippen LogP contribution < -0.4 is 5.73 Å². The highest BCUT2D eigenvalue weighted by atomic mass is 16.5. The third-order valence-electron chi connectivity index (χ3n) is 3.86. The van der Waals surface area contributed by atoms with E-state index in [0.717, 1.165) is 32.6 Å². The van der Waals surface area contributed by atoms with Gasteiger partial charge in [0.2, 0.25) is 0 Å². The van der Waals surface area contributed by atoms with E-state index in [-0.39, 0.29) is 0 Å². The van der Waals surface area contributed by atoms with Gasteiger partial charge in [-0.2, -0.15) is 0 Å². The molecule has 2 atom stereocenters. The fourth-order valence-electron chi connectivity index (χ4n) is 2.72. The molecule has 110 valence electrons. The number of hydrogen-bond donors (Lipinski definition) is 1. The van der Waals surface area contributed by atoms with Crippen molar-refractivity contribution in [2.24, 2.45) is 10.7 Å². The lowest BCUT2D eigenvalue weighted by Crippen LogP contribution is -2.45. The van der Waals surface area contributed by atoms with Gasteiger partial charge < -0.3 is 15.4 Å². The van der Waals surface area contributed by atoms with E-state index in [1.165, 1.54) is 12.8 Å². The molecular weight excluding hydrogens is 240 g/mol. The zero-order valence-corrected chi connectivity index (χ0v) is 12.5. The SMILES string of the molecule is CC1CN(CCCN=C(N)N(C)C2CC2)CC(C)O1. The van der Waals surface area contributed by atoms with Crippen LogP contribution in [0.25, 0.3) is 0 Å². The Morgan fingerprint density at radius 1 is 1.32 bits per heavy atom. The Balaban J connectivity index is 1.64. The summed E-state index contributed by atoms with van der Waals surface area (Å²) in [4.78, 5) is 9.05. The van der Waals surface area contributed by atoms with E-state index in [1.54, 1.807) is 0 Å². The number of ether oxygens (including phenoxy) is 1. The average Bonchev–Trinajstić information content (AvgIpc) is 3.16. The van der Waals surface area contributed by atoms with Crippen LogP contribution in [-0.4, -0.2) is 67.2 Å². The molecule has 1 aliphatic carbocycles. The minimum absolute atomic E-state index is 0.346. The Labute approximate surface area is 116 Å². The lowest BCUT2D eigenvalue weighted by Gasteiger charge is -2.35. The highest BCUT2D eigenvalue weighted by molar-refractivity contribution is 5.78. The number of aliphatic imine (C=N–C) groups is 1. The second-order valence-electron chi connectivity index (χ2n) is 5.95. The van der Waals surface area contributed by atoms with Gasteiger partial charge in [-0.1, -0.05) is 0 Å². The highest BCUT2D eigenvalue weighted by Crippen LogP contribution is 2.24. The predicted molar refractivity (Wildman–Crippen MR) is 78.3 cm³/mol. The Morgan fingerprint density at radius 2 is 1.95 bits per heavy atom. The summed E-state index contributed by atoms with van der Waals surface area (Å²) in [5, 5.41) is 0. The van der Waals surface area contributed by atoms with E-state index < -0.39 is 0 Å². The maximum Gasteiger partial charge on any atom is 0.191 e. The Morgan fingerprint density at radius 3 is 2.53 bits per heavy atom. The zero-order chi connectivity index (χ0) is 13.8. The van der Waals surface area contributed by atoms with Gasteiger partial charge in [0, 0.05) is 39.3 Å². The first kappa shape index (κ1) is 14.6. The first-order chi connectivity index (χ1) is 9.06. The molecule has 0 radical (unpaired) electrons. The standard InChI is InChI=1S/C14H28N4O/c1-11-9-18(10-12(2)19-11)8-4-7-16-14(15)17(3)13-5-6-13/h11-13H,4-10H2,1-3H3,(H2,15,16). The van der Waals surface area contributed by atoms with Gasteiger partial charge in [0.15, 0.2) is 5.96 Å². The molecule has 0 aromatic heterocycles. The van der Waals surface area contributed by atoms with Crippen LogP contribution in [0.15, 0.2) is 4.99 Å². The van der Waals surface area contributed by atoms with Crippen molar-refractivity contribution in [3.8, 4) is 0 Å².